The summed E-state index contributed by atoms with van der Waals surface area (Å²) < 4.78 is 10.7. The highest BCUT2D eigenvalue weighted by molar-refractivity contribution is 5.81. The summed E-state index contributed by atoms with van der Waals surface area (Å²) in [6, 6.07) is 8.35. The van der Waals surface area contributed by atoms with Crippen molar-refractivity contribution in [3.63, 3.8) is 0 Å². The van der Waals surface area contributed by atoms with Gasteiger partial charge in [-0.05, 0) is 24.6 Å². The monoisotopic (exact) mass is 259 g/mol. The zero-order valence-corrected chi connectivity index (χ0v) is 11.4. The van der Waals surface area contributed by atoms with Gasteiger partial charge in [0.2, 0.25) is 0 Å². The maximum Gasteiger partial charge on any atom is 0.275 e. The summed E-state index contributed by atoms with van der Waals surface area (Å²) in [5.41, 5.74) is 2.39. The van der Waals surface area contributed by atoms with Crippen molar-refractivity contribution in [3.05, 3.63) is 29.8 Å². The Labute approximate surface area is 113 Å². The van der Waals surface area contributed by atoms with Gasteiger partial charge in [0.15, 0.2) is 0 Å². The van der Waals surface area contributed by atoms with Crippen LogP contribution in [0.5, 0.6) is 5.75 Å². The van der Waals surface area contributed by atoms with Crippen LogP contribution in [0.15, 0.2) is 24.3 Å². The number of hydrogen-bond acceptors (Lipinski definition) is 3. The quantitative estimate of drug-likeness (QED) is 0.825. The number of aromatic amines is 1. The number of ether oxygens (including phenoxy) is 2. The zero-order valence-electron chi connectivity index (χ0n) is 11.4. The van der Waals surface area contributed by atoms with E-state index in [1.54, 1.807) is 7.11 Å². The minimum absolute atomic E-state index is 0.795. The molecule has 1 N–H and O–H groups in total. The van der Waals surface area contributed by atoms with Gasteiger partial charge < -0.3 is 9.47 Å². The average molecular weight is 259 g/mol. The largest absolute Gasteiger partial charge is 0.497 e. The molecule has 2 heterocycles. The van der Waals surface area contributed by atoms with Gasteiger partial charge in [-0.15, -0.1) is 0 Å². The Morgan fingerprint density at radius 2 is 2.00 bits per heavy atom. The number of nitrogens with zero attached hydrogens (tertiary/aromatic N) is 1. The number of fused-ring (bicyclic) bond motifs is 1. The Morgan fingerprint density at radius 3 is 2.74 bits per heavy atom. The van der Waals surface area contributed by atoms with Gasteiger partial charge >= 0.3 is 0 Å². The van der Waals surface area contributed by atoms with Crippen LogP contribution in [0, 0.1) is 6.92 Å². The van der Waals surface area contributed by atoms with Crippen molar-refractivity contribution < 1.29 is 14.5 Å². The predicted octanol–water partition coefficient (Wildman–Crippen LogP) is 1.81. The van der Waals surface area contributed by atoms with E-state index >= 15 is 0 Å². The number of H-pyrrole nitrogens is 1. The molecule has 2 aromatic rings. The number of methoxy groups -OCH3 is 1. The number of nitrogens with one attached hydrogen (secondary N) is 1. The number of anilines is 1. The second kappa shape index (κ2) is 5.05. The van der Waals surface area contributed by atoms with Crippen LogP contribution in [-0.2, 0) is 4.74 Å². The van der Waals surface area contributed by atoms with E-state index in [0.717, 1.165) is 43.4 Å². The second-order valence-electron chi connectivity index (χ2n) is 4.85. The Hall–Kier alpha value is -1.81. The Kier molecular flexibility index (Phi) is 3.25. The molecule has 1 aliphatic rings. The van der Waals surface area contributed by atoms with Crippen molar-refractivity contribution in [2.24, 2.45) is 0 Å². The molecular formula is C15H19N2O2+. The topological polar surface area (TPSA) is 35.8 Å². The third-order valence-corrected chi connectivity index (χ3v) is 3.62. The van der Waals surface area contributed by atoms with E-state index in [4.69, 9.17) is 9.47 Å². The van der Waals surface area contributed by atoms with Gasteiger partial charge in [0, 0.05) is 17.5 Å². The number of hydrogen-bond donors (Lipinski definition) is 0. The van der Waals surface area contributed by atoms with Crippen LogP contribution >= 0.6 is 0 Å². The van der Waals surface area contributed by atoms with Crippen molar-refractivity contribution in [3.8, 4) is 5.75 Å². The first-order valence-corrected chi connectivity index (χ1v) is 6.61. The Morgan fingerprint density at radius 1 is 1.21 bits per heavy atom. The van der Waals surface area contributed by atoms with Crippen LogP contribution in [-0.4, -0.2) is 33.4 Å². The third-order valence-electron chi connectivity index (χ3n) is 3.62. The maximum absolute atomic E-state index is 5.40. The maximum atomic E-state index is 5.40. The van der Waals surface area contributed by atoms with Gasteiger partial charge in [0.05, 0.1) is 20.3 Å². The first-order valence-electron chi connectivity index (χ1n) is 6.61. The van der Waals surface area contributed by atoms with Crippen LogP contribution in [0.2, 0.25) is 0 Å². The standard InChI is InChI=1S/C15H18N2O2/c1-11-9-15(17-5-7-19-8-6-17)16-14-10-12(18-2)3-4-13(11)14/h3-4,9-10H,5-8H2,1-2H3/p+1. The van der Waals surface area contributed by atoms with Crippen molar-refractivity contribution in [2.75, 3.05) is 38.3 Å². The molecule has 0 spiro atoms. The molecular weight excluding hydrogens is 240 g/mol. The smallest absolute Gasteiger partial charge is 0.275 e. The van der Waals surface area contributed by atoms with Crippen LogP contribution in [0.25, 0.3) is 10.9 Å². The van der Waals surface area contributed by atoms with E-state index in [0.29, 0.717) is 0 Å². The van der Waals surface area contributed by atoms with Crippen LogP contribution in [0.4, 0.5) is 5.82 Å². The summed E-state index contributed by atoms with van der Waals surface area (Å²) in [6.07, 6.45) is 0. The molecule has 100 valence electrons. The normalized spacial score (nSPS) is 15.8. The van der Waals surface area contributed by atoms with Gasteiger partial charge in [-0.2, -0.15) is 0 Å². The first-order chi connectivity index (χ1) is 9.28. The molecule has 0 bridgehead atoms. The highest BCUT2D eigenvalue weighted by atomic mass is 16.5. The molecule has 1 saturated heterocycles. The predicted molar refractivity (Wildman–Crippen MR) is 74.8 cm³/mol. The lowest BCUT2D eigenvalue weighted by Gasteiger charge is -2.21. The van der Waals surface area contributed by atoms with Gasteiger partial charge in [-0.25, -0.2) is 4.98 Å². The van der Waals surface area contributed by atoms with E-state index < -0.39 is 0 Å². The van der Waals surface area contributed by atoms with Gasteiger partial charge in [0.25, 0.3) is 5.82 Å². The summed E-state index contributed by atoms with van der Waals surface area (Å²) in [5.74, 6) is 2.03. The fourth-order valence-electron chi connectivity index (χ4n) is 2.53. The van der Waals surface area contributed by atoms with Crippen molar-refractivity contribution >= 4 is 16.7 Å². The van der Waals surface area contributed by atoms with Crippen molar-refractivity contribution in [1.82, 2.24) is 0 Å². The minimum atomic E-state index is 0.795. The average Bonchev–Trinajstić information content (AvgIpc) is 2.47. The van der Waals surface area contributed by atoms with Crippen LogP contribution < -0.4 is 14.6 Å². The number of aryl methyl sites for hydroxylation is 1. The molecule has 0 unspecified atom stereocenters. The Bertz CT molecular complexity index is 592. The minimum Gasteiger partial charge on any atom is -0.497 e. The van der Waals surface area contributed by atoms with Crippen molar-refractivity contribution in [1.29, 1.82) is 0 Å². The summed E-state index contributed by atoms with van der Waals surface area (Å²) in [6.45, 7) is 5.61. The second-order valence-corrected chi connectivity index (χ2v) is 4.85. The summed E-state index contributed by atoms with van der Waals surface area (Å²) in [5, 5.41) is 1.23. The van der Waals surface area contributed by atoms with Gasteiger partial charge in [0.1, 0.15) is 24.4 Å². The first kappa shape index (κ1) is 12.2. The summed E-state index contributed by atoms with van der Waals surface area (Å²) >= 11 is 0. The fourth-order valence-corrected chi connectivity index (χ4v) is 2.53. The number of pyridine rings is 1. The molecule has 0 aliphatic carbocycles. The summed E-state index contributed by atoms with van der Waals surface area (Å²) in [4.78, 5) is 5.83. The molecule has 3 rings (SSSR count). The molecule has 4 heteroatoms. The van der Waals surface area contributed by atoms with E-state index in [1.807, 2.05) is 12.1 Å². The molecule has 19 heavy (non-hydrogen) atoms. The lowest BCUT2D eigenvalue weighted by Crippen LogP contribution is -2.39. The fraction of sp³-hybridized carbons (Fsp3) is 0.400. The van der Waals surface area contributed by atoms with Gasteiger partial charge in [-0.1, -0.05) is 0 Å². The highest BCUT2D eigenvalue weighted by Gasteiger charge is 2.20. The van der Waals surface area contributed by atoms with Crippen LogP contribution in [0.3, 0.4) is 0 Å². The lowest BCUT2D eigenvalue weighted by atomic mass is 10.1. The van der Waals surface area contributed by atoms with Crippen molar-refractivity contribution in [2.45, 2.75) is 6.92 Å². The molecule has 1 fully saturated rings. The summed E-state index contributed by atoms with van der Waals surface area (Å²) in [7, 11) is 1.69. The van der Waals surface area contributed by atoms with Gasteiger partial charge in [-0.3, -0.25) is 4.90 Å². The number of aromatic nitrogens is 1. The number of morpholine rings is 1. The molecule has 0 radical (unpaired) electrons. The molecule has 0 saturated carbocycles. The zero-order chi connectivity index (χ0) is 13.2. The molecule has 4 nitrogen and oxygen atoms in total. The highest BCUT2D eigenvalue weighted by Crippen LogP contribution is 2.23. The number of benzene rings is 1. The molecule has 0 atom stereocenters. The molecule has 1 aromatic heterocycles. The third kappa shape index (κ3) is 2.36. The lowest BCUT2D eigenvalue weighted by molar-refractivity contribution is -0.331. The molecule has 0 amide bonds. The van der Waals surface area contributed by atoms with E-state index in [2.05, 4.69) is 28.9 Å². The van der Waals surface area contributed by atoms with E-state index in [9.17, 15) is 0 Å². The molecule has 1 aromatic carbocycles. The number of rotatable bonds is 2. The Balaban J connectivity index is 2.05. The van der Waals surface area contributed by atoms with E-state index in [-0.39, 0.29) is 0 Å². The molecule has 1 aliphatic heterocycles. The van der Waals surface area contributed by atoms with Crippen LogP contribution in [0.1, 0.15) is 5.56 Å². The van der Waals surface area contributed by atoms with E-state index in [1.165, 1.54) is 10.9 Å². The SMILES string of the molecule is COc1ccc2c(C)cc(N3CCOCC3)[nH+]c2c1.